The Labute approximate surface area is 86.8 Å². The van der Waals surface area contributed by atoms with Crippen molar-refractivity contribution >= 4 is 0 Å². The van der Waals surface area contributed by atoms with Gasteiger partial charge in [-0.2, -0.15) is 0 Å². The van der Waals surface area contributed by atoms with Crippen LogP contribution in [0.25, 0.3) is 0 Å². The Morgan fingerprint density at radius 3 is 2.21 bits per heavy atom. The number of nitrogens with zero attached hydrogens (tertiary/aromatic N) is 1. The topological polar surface area (TPSA) is 24.9 Å². The molecular formula is C12H20N2. The fraction of sp³-hybridized carbons (Fsp3) is 0.583. The number of nitrogens with one attached hydrogen (secondary N) is 1. The molecule has 2 nitrogen and oxygen atoms in total. The molecule has 1 fully saturated rings. The quantitative estimate of drug-likeness (QED) is 0.739. The van der Waals surface area contributed by atoms with E-state index in [4.69, 9.17) is 0 Å². The van der Waals surface area contributed by atoms with Gasteiger partial charge in [0.25, 0.3) is 0 Å². The highest BCUT2D eigenvalue weighted by molar-refractivity contribution is 5.06. The summed E-state index contributed by atoms with van der Waals surface area (Å²) in [5.41, 5.74) is 1.16. The molecular weight excluding hydrogens is 172 g/mol. The highest BCUT2D eigenvalue weighted by Gasteiger charge is 1.95. The minimum atomic E-state index is 0.547. The zero-order valence-corrected chi connectivity index (χ0v) is 9.16. The molecule has 0 atom stereocenters. The second-order valence-corrected chi connectivity index (χ2v) is 3.87. The maximum Gasteiger partial charge on any atom is 0.0428 e. The third-order valence-electron chi connectivity index (χ3n) is 2.24. The first-order valence-electron chi connectivity index (χ1n) is 5.42. The molecule has 0 aromatic carbocycles. The Morgan fingerprint density at radius 1 is 1.21 bits per heavy atom. The van der Waals surface area contributed by atoms with Crippen LogP contribution in [0.15, 0.2) is 24.4 Å². The largest absolute Gasteiger partial charge is 0.317 e. The molecule has 0 aliphatic carbocycles. The fourth-order valence-corrected chi connectivity index (χ4v) is 1.34. The van der Waals surface area contributed by atoms with Gasteiger partial charge in [0.05, 0.1) is 0 Å². The molecule has 1 N–H and O–H groups in total. The Kier molecular flexibility index (Phi) is 5.23. The van der Waals surface area contributed by atoms with Crippen LogP contribution in [0.3, 0.4) is 0 Å². The molecule has 0 amide bonds. The van der Waals surface area contributed by atoms with Crippen LogP contribution in [-0.4, -0.2) is 18.1 Å². The van der Waals surface area contributed by atoms with Crippen LogP contribution in [0, 0.1) is 0 Å². The van der Waals surface area contributed by atoms with Crippen LogP contribution in [0.5, 0.6) is 0 Å². The van der Waals surface area contributed by atoms with Gasteiger partial charge >= 0.3 is 0 Å². The lowest BCUT2D eigenvalue weighted by Gasteiger charge is -2.00. The fourth-order valence-electron chi connectivity index (χ4n) is 1.34. The minimum Gasteiger partial charge on any atom is -0.317 e. The molecule has 78 valence electrons. The van der Waals surface area contributed by atoms with E-state index in [1.165, 1.54) is 25.9 Å². The van der Waals surface area contributed by atoms with E-state index < -0.39 is 0 Å². The molecule has 1 aromatic rings. The third-order valence-corrected chi connectivity index (χ3v) is 2.24. The van der Waals surface area contributed by atoms with Crippen molar-refractivity contribution in [3.05, 3.63) is 30.1 Å². The summed E-state index contributed by atoms with van der Waals surface area (Å²) in [6, 6.07) is 6.00. The van der Waals surface area contributed by atoms with E-state index in [0.29, 0.717) is 5.92 Å². The van der Waals surface area contributed by atoms with Crippen LogP contribution in [-0.2, 0) is 0 Å². The molecule has 2 rings (SSSR count). The lowest BCUT2D eigenvalue weighted by molar-refractivity contribution is 0.823. The van der Waals surface area contributed by atoms with E-state index in [1.54, 1.807) is 0 Å². The SMILES string of the molecule is C1CCNC1.CC(C)c1ccccn1. The predicted molar refractivity (Wildman–Crippen MR) is 60.4 cm³/mol. The van der Waals surface area contributed by atoms with E-state index in [0.717, 1.165) is 5.69 Å². The van der Waals surface area contributed by atoms with Gasteiger partial charge < -0.3 is 5.32 Å². The number of pyridine rings is 1. The Hall–Kier alpha value is -0.890. The predicted octanol–water partition coefficient (Wildman–Crippen LogP) is 2.57. The van der Waals surface area contributed by atoms with Gasteiger partial charge in [-0.05, 0) is 44.0 Å². The highest BCUT2D eigenvalue weighted by atomic mass is 14.9. The van der Waals surface area contributed by atoms with E-state index in [2.05, 4.69) is 24.1 Å². The van der Waals surface area contributed by atoms with Gasteiger partial charge in [-0.25, -0.2) is 0 Å². The summed E-state index contributed by atoms with van der Waals surface area (Å²) in [6.45, 7) is 6.78. The molecule has 2 heterocycles. The smallest absolute Gasteiger partial charge is 0.0428 e. The van der Waals surface area contributed by atoms with E-state index in [9.17, 15) is 0 Å². The van der Waals surface area contributed by atoms with Gasteiger partial charge in [0.2, 0.25) is 0 Å². The van der Waals surface area contributed by atoms with Crippen LogP contribution < -0.4 is 5.32 Å². The van der Waals surface area contributed by atoms with Crippen molar-refractivity contribution in [2.75, 3.05) is 13.1 Å². The van der Waals surface area contributed by atoms with Gasteiger partial charge in [0.1, 0.15) is 0 Å². The molecule has 1 aliphatic heterocycles. The van der Waals surface area contributed by atoms with E-state index in [1.807, 2.05) is 24.4 Å². The number of hydrogen-bond acceptors (Lipinski definition) is 2. The minimum absolute atomic E-state index is 0.547. The molecule has 14 heavy (non-hydrogen) atoms. The van der Waals surface area contributed by atoms with Gasteiger partial charge in [-0.1, -0.05) is 19.9 Å². The standard InChI is InChI=1S/C8H11N.C4H9N/c1-7(2)8-5-3-4-6-9-8;1-2-4-5-3-1/h3-7H,1-2H3;5H,1-4H2. The second kappa shape index (κ2) is 6.55. The Balaban J connectivity index is 0.000000165. The van der Waals surface area contributed by atoms with Crippen molar-refractivity contribution in [2.24, 2.45) is 0 Å². The van der Waals surface area contributed by atoms with E-state index >= 15 is 0 Å². The molecule has 2 heteroatoms. The average Bonchev–Trinajstić information content (AvgIpc) is 2.77. The summed E-state index contributed by atoms with van der Waals surface area (Å²) < 4.78 is 0. The summed E-state index contributed by atoms with van der Waals surface area (Å²) in [4.78, 5) is 4.18. The average molecular weight is 192 g/mol. The van der Waals surface area contributed by atoms with Crippen molar-refractivity contribution in [1.29, 1.82) is 0 Å². The van der Waals surface area contributed by atoms with Crippen molar-refractivity contribution in [1.82, 2.24) is 10.3 Å². The molecule has 0 spiro atoms. The molecule has 1 aromatic heterocycles. The Morgan fingerprint density at radius 2 is 1.93 bits per heavy atom. The van der Waals surface area contributed by atoms with Crippen LogP contribution in [0.1, 0.15) is 38.3 Å². The van der Waals surface area contributed by atoms with Crippen molar-refractivity contribution in [2.45, 2.75) is 32.6 Å². The number of rotatable bonds is 1. The lowest BCUT2D eigenvalue weighted by Crippen LogP contribution is -2.03. The van der Waals surface area contributed by atoms with Gasteiger partial charge in [0.15, 0.2) is 0 Å². The summed E-state index contributed by atoms with van der Waals surface area (Å²) >= 11 is 0. The molecule has 0 saturated carbocycles. The van der Waals surface area contributed by atoms with Gasteiger partial charge in [-0.3, -0.25) is 4.98 Å². The molecule has 0 radical (unpaired) electrons. The first kappa shape index (κ1) is 11.2. The maximum absolute atomic E-state index is 4.18. The normalized spacial score (nSPS) is 15.1. The monoisotopic (exact) mass is 192 g/mol. The zero-order valence-electron chi connectivity index (χ0n) is 9.16. The number of hydrogen-bond donors (Lipinski definition) is 1. The van der Waals surface area contributed by atoms with Gasteiger partial charge in [0, 0.05) is 11.9 Å². The van der Waals surface area contributed by atoms with Gasteiger partial charge in [-0.15, -0.1) is 0 Å². The van der Waals surface area contributed by atoms with Crippen LogP contribution >= 0.6 is 0 Å². The summed E-state index contributed by atoms with van der Waals surface area (Å²) in [5.74, 6) is 0.547. The van der Waals surface area contributed by atoms with Crippen molar-refractivity contribution in [3.8, 4) is 0 Å². The molecule has 1 aliphatic rings. The first-order valence-corrected chi connectivity index (χ1v) is 5.42. The zero-order chi connectivity index (χ0) is 10.2. The summed E-state index contributed by atoms with van der Waals surface area (Å²) in [6.07, 6.45) is 4.61. The van der Waals surface area contributed by atoms with Crippen molar-refractivity contribution in [3.63, 3.8) is 0 Å². The van der Waals surface area contributed by atoms with E-state index in [-0.39, 0.29) is 0 Å². The number of aromatic nitrogens is 1. The maximum atomic E-state index is 4.18. The first-order chi connectivity index (χ1) is 6.80. The Bertz CT molecular complexity index is 220. The van der Waals surface area contributed by atoms with Crippen molar-refractivity contribution < 1.29 is 0 Å². The molecule has 1 saturated heterocycles. The summed E-state index contributed by atoms with van der Waals surface area (Å²) in [5, 5.41) is 3.22. The molecule has 0 unspecified atom stereocenters. The molecule has 0 bridgehead atoms. The third kappa shape index (κ3) is 4.38. The lowest BCUT2D eigenvalue weighted by atomic mass is 10.1. The second-order valence-electron chi connectivity index (χ2n) is 3.87. The highest BCUT2D eigenvalue weighted by Crippen LogP contribution is 2.08. The summed E-state index contributed by atoms with van der Waals surface area (Å²) in [7, 11) is 0. The van der Waals surface area contributed by atoms with Crippen LogP contribution in [0.2, 0.25) is 0 Å². The van der Waals surface area contributed by atoms with Crippen LogP contribution in [0.4, 0.5) is 0 Å².